The lowest BCUT2D eigenvalue weighted by Gasteiger charge is -2.33. The molecule has 1 unspecified atom stereocenters. The molecule has 0 bridgehead atoms. The molecular weight excluding hydrogens is 360 g/mol. The fourth-order valence-electron chi connectivity index (χ4n) is 3.60. The highest BCUT2D eigenvalue weighted by molar-refractivity contribution is 5.96. The number of non-ortho nitro benzene ring substituents is 1. The molecule has 1 aliphatic rings. The summed E-state index contributed by atoms with van der Waals surface area (Å²) in [6, 6.07) is 10.7. The fraction of sp³-hybridized carbons (Fsp3) is 0.350. The molecular formula is C20H22N4O4. The minimum Gasteiger partial charge on any atom is -0.465 e. The lowest BCUT2D eigenvalue weighted by atomic mass is 10.1. The molecule has 28 heavy (non-hydrogen) atoms. The Bertz CT molecular complexity index is 981. The first-order valence-corrected chi connectivity index (χ1v) is 9.27. The molecule has 3 heterocycles. The van der Waals surface area contributed by atoms with Gasteiger partial charge in [-0.25, -0.2) is 0 Å². The van der Waals surface area contributed by atoms with Crippen molar-refractivity contribution in [2.45, 2.75) is 13.0 Å². The van der Waals surface area contributed by atoms with E-state index in [4.69, 9.17) is 9.15 Å². The SMILES string of the molecule is Cc1ccc(C(CNc2ccc([N+](=O)[O-])c3cccnc23)N2CCOCC2)o1. The van der Waals surface area contributed by atoms with Gasteiger partial charge < -0.3 is 14.5 Å². The molecule has 1 saturated heterocycles. The van der Waals surface area contributed by atoms with E-state index in [1.54, 1.807) is 24.4 Å². The average molecular weight is 382 g/mol. The Hall–Kier alpha value is -2.97. The molecule has 1 aromatic carbocycles. The van der Waals surface area contributed by atoms with Gasteiger partial charge in [0, 0.05) is 31.9 Å². The molecule has 0 aliphatic carbocycles. The van der Waals surface area contributed by atoms with E-state index in [0.29, 0.717) is 30.7 Å². The highest BCUT2D eigenvalue weighted by Crippen LogP contribution is 2.31. The number of benzene rings is 1. The molecule has 8 nitrogen and oxygen atoms in total. The Balaban J connectivity index is 1.62. The van der Waals surface area contributed by atoms with E-state index >= 15 is 0 Å². The van der Waals surface area contributed by atoms with Crippen LogP contribution in [0.2, 0.25) is 0 Å². The van der Waals surface area contributed by atoms with Crippen LogP contribution < -0.4 is 5.32 Å². The van der Waals surface area contributed by atoms with Gasteiger partial charge in [0.15, 0.2) is 0 Å². The quantitative estimate of drug-likeness (QED) is 0.515. The number of morpholine rings is 1. The number of hydrogen-bond acceptors (Lipinski definition) is 7. The molecule has 0 saturated carbocycles. The van der Waals surface area contributed by atoms with Crippen LogP contribution >= 0.6 is 0 Å². The number of aromatic nitrogens is 1. The summed E-state index contributed by atoms with van der Waals surface area (Å²) in [5.74, 6) is 1.77. The third-order valence-corrected chi connectivity index (χ3v) is 5.01. The summed E-state index contributed by atoms with van der Waals surface area (Å²) in [5, 5.41) is 15.3. The maximum Gasteiger partial charge on any atom is 0.278 e. The summed E-state index contributed by atoms with van der Waals surface area (Å²) in [4.78, 5) is 17.6. The van der Waals surface area contributed by atoms with Crippen molar-refractivity contribution in [3.63, 3.8) is 0 Å². The molecule has 0 radical (unpaired) electrons. The first kappa shape index (κ1) is 18.4. The van der Waals surface area contributed by atoms with Crippen LogP contribution in [0, 0.1) is 17.0 Å². The number of furan rings is 1. The van der Waals surface area contributed by atoms with Crippen molar-refractivity contribution < 1.29 is 14.1 Å². The number of anilines is 1. The summed E-state index contributed by atoms with van der Waals surface area (Å²) in [6.45, 7) is 5.56. The van der Waals surface area contributed by atoms with E-state index in [0.717, 1.165) is 30.3 Å². The number of fused-ring (bicyclic) bond motifs is 1. The molecule has 0 spiro atoms. The molecule has 1 aliphatic heterocycles. The molecule has 3 aromatic rings. The van der Waals surface area contributed by atoms with Gasteiger partial charge in [0.25, 0.3) is 5.69 Å². The van der Waals surface area contributed by atoms with Crippen LogP contribution in [0.1, 0.15) is 17.6 Å². The lowest BCUT2D eigenvalue weighted by Crippen LogP contribution is -2.41. The summed E-state index contributed by atoms with van der Waals surface area (Å²) in [5.41, 5.74) is 1.41. The van der Waals surface area contributed by atoms with Gasteiger partial charge in [-0.3, -0.25) is 20.0 Å². The highest BCUT2D eigenvalue weighted by atomic mass is 16.6. The smallest absolute Gasteiger partial charge is 0.278 e. The van der Waals surface area contributed by atoms with Crippen molar-refractivity contribution in [2.24, 2.45) is 0 Å². The molecule has 4 rings (SSSR count). The Kier molecular flexibility index (Phi) is 5.23. The van der Waals surface area contributed by atoms with E-state index in [1.165, 1.54) is 6.07 Å². The van der Waals surface area contributed by atoms with Gasteiger partial charge in [-0.05, 0) is 37.3 Å². The van der Waals surface area contributed by atoms with Gasteiger partial charge in [0.05, 0.1) is 35.3 Å². The van der Waals surface area contributed by atoms with Crippen molar-refractivity contribution in [1.82, 2.24) is 9.88 Å². The summed E-state index contributed by atoms with van der Waals surface area (Å²) in [6.07, 6.45) is 1.65. The number of pyridine rings is 1. The number of hydrogen-bond donors (Lipinski definition) is 1. The minimum absolute atomic E-state index is 0.0338. The highest BCUT2D eigenvalue weighted by Gasteiger charge is 2.25. The first-order chi connectivity index (χ1) is 13.6. The van der Waals surface area contributed by atoms with Crippen LogP contribution in [0.3, 0.4) is 0 Å². The topological polar surface area (TPSA) is 93.7 Å². The average Bonchev–Trinajstić information content (AvgIpc) is 3.14. The third kappa shape index (κ3) is 3.69. The van der Waals surface area contributed by atoms with E-state index in [1.807, 2.05) is 19.1 Å². The second kappa shape index (κ2) is 7.95. The predicted octanol–water partition coefficient (Wildman–Crippen LogP) is 3.53. The summed E-state index contributed by atoms with van der Waals surface area (Å²) < 4.78 is 11.4. The molecule has 1 atom stereocenters. The van der Waals surface area contributed by atoms with Gasteiger partial charge >= 0.3 is 0 Å². The molecule has 146 valence electrons. The maximum atomic E-state index is 11.3. The zero-order chi connectivity index (χ0) is 19.5. The normalized spacial score (nSPS) is 16.2. The van der Waals surface area contributed by atoms with Crippen LogP contribution in [0.4, 0.5) is 11.4 Å². The standard InChI is InChI=1S/C20H22N4O4/c1-14-4-7-19(28-14)18(23-9-11-27-12-10-23)13-22-16-5-6-17(24(25)26)15-3-2-8-21-20(15)16/h2-8,18,22H,9-13H2,1H3. The number of aryl methyl sites for hydroxylation is 1. The van der Waals surface area contributed by atoms with Crippen molar-refractivity contribution >= 4 is 22.3 Å². The monoisotopic (exact) mass is 382 g/mol. The van der Waals surface area contributed by atoms with Crippen molar-refractivity contribution in [1.29, 1.82) is 0 Å². The van der Waals surface area contributed by atoms with Gasteiger partial charge in [-0.1, -0.05) is 0 Å². The first-order valence-electron chi connectivity index (χ1n) is 9.27. The second-order valence-electron chi connectivity index (χ2n) is 6.78. The number of nitro groups is 1. The summed E-state index contributed by atoms with van der Waals surface area (Å²) in [7, 11) is 0. The van der Waals surface area contributed by atoms with E-state index in [9.17, 15) is 10.1 Å². The largest absolute Gasteiger partial charge is 0.465 e. The van der Waals surface area contributed by atoms with Crippen LogP contribution in [-0.4, -0.2) is 47.7 Å². The Morgan fingerprint density at radius 1 is 1.25 bits per heavy atom. The number of nitrogens with one attached hydrogen (secondary N) is 1. The van der Waals surface area contributed by atoms with E-state index in [-0.39, 0.29) is 16.7 Å². The lowest BCUT2D eigenvalue weighted by molar-refractivity contribution is -0.383. The molecule has 1 fully saturated rings. The third-order valence-electron chi connectivity index (χ3n) is 5.01. The summed E-state index contributed by atoms with van der Waals surface area (Å²) >= 11 is 0. The van der Waals surface area contributed by atoms with Gasteiger partial charge in [-0.2, -0.15) is 0 Å². The van der Waals surface area contributed by atoms with Gasteiger partial charge in [0.2, 0.25) is 0 Å². The zero-order valence-electron chi connectivity index (χ0n) is 15.6. The van der Waals surface area contributed by atoms with Crippen molar-refractivity contribution in [3.8, 4) is 0 Å². The number of nitro benzene ring substituents is 1. The second-order valence-corrected chi connectivity index (χ2v) is 6.78. The van der Waals surface area contributed by atoms with Crippen LogP contribution in [-0.2, 0) is 4.74 Å². The molecule has 2 aromatic heterocycles. The van der Waals surface area contributed by atoms with Crippen molar-refractivity contribution in [3.05, 3.63) is 64.2 Å². The molecule has 8 heteroatoms. The van der Waals surface area contributed by atoms with E-state index in [2.05, 4.69) is 15.2 Å². The fourth-order valence-corrected chi connectivity index (χ4v) is 3.60. The minimum atomic E-state index is -0.379. The van der Waals surface area contributed by atoms with Crippen LogP contribution in [0.25, 0.3) is 10.9 Å². The Morgan fingerprint density at radius 2 is 2.07 bits per heavy atom. The predicted molar refractivity (Wildman–Crippen MR) is 105 cm³/mol. The molecule has 0 amide bonds. The van der Waals surface area contributed by atoms with Crippen molar-refractivity contribution in [2.75, 3.05) is 38.2 Å². The van der Waals surface area contributed by atoms with Crippen LogP contribution in [0.5, 0.6) is 0 Å². The van der Waals surface area contributed by atoms with Gasteiger partial charge in [-0.15, -0.1) is 0 Å². The van der Waals surface area contributed by atoms with Gasteiger partial charge in [0.1, 0.15) is 17.0 Å². The number of rotatable bonds is 6. The molecule has 1 N–H and O–H groups in total. The Labute approximate surface area is 162 Å². The maximum absolute atomic E-state index is 11.3. The zero-order valence-corrected chi connectivity index (χ0v) is 15.6. The number of ether oxygens (including phenoxy) is 1. The van der Waals surface area contributed by atoms with Crippen LogP contribution in [0.15, 0.2) is 47.0 Å². The van der Waals surface area contributed by atoms with E-state index < -0.39 is 0 Å². The Morgan fingerprint density at radius 3 is 2.79 bits per heavy atom. The number of nitrogens with zero attached hydrogens (tertiary/aromatic N) is 3.